The van der Waals surface area contributed by atoms with E-state index in [1.54, 1.807) is 28.9 Å². The van der Waals surface area contributed by atoms with Crippen molar-refractivity contribution in [3.8, 4) is 0 Å². The van der Waals surface area contributed by atoms with Gasteiger partial charge in [0.05, 0.1) is 5.52 Å². The van der Waals surface area contributed by atoms with Gasteiger partial charge in [-0.1, -0.05) is 31.4 Å². The number of carbonyl (C=O) groups excluding carboxylic acids is 1. The van der Waals surface area contributed by atoms with Crippen molar-refractivity contribution in [3.05, 3.63) is 35.1 Å². The van der Waals surface area contributed by atoms with E-state index in [-0.39, 0.29) is 5.91 Å². The first-order valence-electron chi connectivity index (χ1n) is 7.55. The van der Waals surface area contributed by atoms with Crippen LogP contribution in [-0.4, -0.2) is 22.1 Å². The number of pyridine rings is 1. The second kappa shape index (κ2) is 5.68. The average Bonchev–Trinajstić information content (AvgIpc) is 2.84. The van der Waals surface area contributed by atoms with Crippen LogP contribution >= 0.6 is 11.6 Å². The third-order valence-electron chi connectivity index (χ3n) is 4.48. The van der Waals surface area contributed by atoms with Crippen LogP contribution in [0.15, 0.2) is 24.4 Å². The molecule has 1 aliphatic carbocycles. The fourth-order valence-corrected chi connectivity index (χ4v) is 3.33. The molecule has 1 aliphatic rings. The lowest BCUT2D eigenvalue weighted by molar-refractivity contribution is 0.0828. The lowest BCUT2D eigenvalue weighted by atomic mass is 9.66. The molecular formula is C16H20ClN3O. The van der Waals surface area contributed by atoms with E-state index in [0.717, 1.165) is 12.1 Å². The summed E-state index contributed by atoms with van der Waals surface area (Å²) in [4.78, 5) is 12.3. The molecule has 0 radical (unpaired) electrons. The van der Waals surface area contributed by atoms with Crippen molar-refractivity contribution >= 4 is 23.0 Å². The number of rotatable bonds is 5. The van der Waals surface area contributed by atoms with Crippen molar-refractivity contribution in [2.45, 2.75) is 39.0 Å². The predicted octanol–water partition coefficient (Wildman–Crippen LogP) is 3.69. The summed E-state index contributed by atoms with van der Waals surface area (Å²) in [7, 11) is 0. The minimum Gasteiger partial charge on any atom is -0.350 e. The standard InChI is InChI=1S/C16H20ClN3O/c1-2-5-16(6-3-7-16)11-18-15(21)14-10-13-9-12(17)4-8-20(13)19-14/h4,8-10H,2-3,5-7,11H2,1H3,(H,18,21). The molecule has 2 aromatic heterocycles. The molecule has 0 unspecified atom stereocenters. The van der Waals surface area contributed by atoms with Crippen molar-refractivity contribution < 1.29 is 4.79 Å². The van der Waals surface area contributed by atoms with Crippen LogP contribution in [0.3, 0.4) is 0 Å². The molecule has 0 spiro atoms. The zero-order chi connectivity index (χ0) is 14.9. The van der Waals surface area contributed by atoms with E-state index in [1.807, 2.05) is 0 Å². The van der Waals surface area contributed by atoms with Crippen LogP contribution in [0.25, 0.3) is 5.52 Å². The van der Waals surface area contributed by atoms with Gasteiger partial charge in [-0.2, -0.15) is 5.10 Å². The highest BCUT2D eigenvalue weighted by molar-refractivity contribution is 6.30. The molecule has 1 N–H and O–H groups in total. The maximum Gasteiger partial charge on any atom is 0.271 e. The van der Waals surface area contributed by atoms with Crippen molar-refractivity contribution in [1.29, 1.82) is 0 Å². The molecule has 5 heteroatoms. The van der Waals surface area contributed by atoms with Crippen molar-refractivity contribution in [1.82, 2.24) is 14.9 Å². The zero-order valence-electron chi connectivity index (χ0n) is 12.2. The van der Waals surface area contributed by atoms with E-state index >= 15 is 0 Å². The number of nitrogens with one attached hydrogen (secondary N) is 1. The van der Waals surface area contributed by atoms with Crippen LogP contribution in [-0.2, 0) is 0 Å². The Hall–Kier alpha value is -1.55. The monoisotopic (exact) mass is 305 g/mol. The Labute approximate surface area is 129 Å². The summed E-state index contributed by atoms with van der Waals surface area (Å²) < 4.78 is 1.67. The summed E-state index contributed by atoms with van der Waals surface area (Å²) in [6, 6.07) is 5.33. The Kier molecular flexibility index (Phi) is 3.89. The van der Waals surface area contributed by atoms with Crippen LogP contribution < -0.4 is 5.32 Å². The number of halogens is 1. The van der Waals surface area contributed by atoms with Gasteiger partial charge in [0.1, 0.15) is 0 Å². The second-order valence-corrected chi connectivity index (χ2v) is 6.47. The Morgan fingerprint density at radius 1 is 1.48 bits per heavy atom. The summed E-state index contributed by atoms with van der Waals surface area (Å²) in [5.74, 6) is -0.0998. The summed E-state index contributed by atoms with van der Waals surface area (Å²) in [6.07, 6.45) is 7.85. The quantitative estimate of drug-likeness (QED) is 0.915. The maximum atomic E-state index is 12.3. The van der Waals surface area contributed by atoms with E-state index < -0.39 is 0 Å². The third-order valence-corrected chi connectivity index (χ3v) is 4.71. The molecule has 0 aliphatic heterocycles. The van der Waals surface area contributed by atoms with Crippen LogP contribution in [0.1, 0.15) is 49.5 Å². The molecule has 112 valence electrons. The fourth-order valence-electron chi connectivity index (χ4n) is 3.16. The predicted molar refractivity (Wildman–Crippen MR) is 83.7 cm³/mol. The fraction of sp³-hybridized carbons (Fsp3) is 0.500. The topological polar surface area (TPSA) is 46.4 Å². The summed E-state index contributed by atoms with van der Waals surface area (Å²) >= 11 is 5.95. The van der Waals surface area contributed by atoms with Crippen LogP contribution in [0.5, 0.6) is 0 Å². The van der Waals surface area contributed by atoms with Gasteiger partial charge in [0.25, 0.3) is 5.91 Å². The van der Waals surface area contributed by atoms with E-state index in [4.69, 9.17) is 11.6 Å². The van der Waals surface area contributed by atoms with Gasteiger partial charge < -0.3 is 5.32 Å². The smallest absolute Gasteiger partial charge is 0.271 e. The minimum absolute atomic E-state index is 0.0998. The number of carbonyl (C=O) groups is 1. The normalized spacial score (nSPS) is 16.7. The van der Waals surface area contributed by atoms with Gasteiger partial charge in [0.15, 0.2) is 5.69 Å². The molecule has 0 atom stereocenters. The number of hydrogen-bond donors (Lipinski definition) is 1. The van der Waals surface area contributed by atoms with Crippen LogP contribution in [0.2, 0.25) is 5.02 Å². The van der Waals surface area contributed by atoms with Gasteiger partial charge in [0, 0.05) is 17.8 Å². The summed E-state index contributed by atoms with van der Waals surface area (Å²) in [5, 5.41) is 7.99. The molecule has 2 aromatic rings. The first kappa shape index (κ1) is 14.4. The summed E-state index contributed by atoms with van der Waals surface area (Å²) in [6.45, 7) is 2.96. The van der Waals surface area contributed by atoms with Gasteiger partial charge in [-0.05, 0) is 42.9 Å². The third kappa shape index (κ3) is 2.91. The zero-order valence-corrected chi connectivity index (χ0v) is 13.0. The minimum atomic E-state index is -0.0998. The first-order valence-corrected chi connectivity index (χ1v) is 7.93. The van der Waals surface area contributed by atoms with Gasteiger partial charge in [0.2, 0.25) is 0 Å². The molecule has 2 heterocycles. The maximum absolute atomic E-state index is 12.3. The lowest BCUT2D eigenvalue weighted by Crippen LogP contribution is -2.42. The molecule has 3 rings (SSSR count). The molecule has 1 fully saturated rings. The molecule has 21 heavy (non-hydrogen) atoms. The largest absolute Gasteiger partial charge is 0.350 e. The Bertz CT molecular complexity index is 661. The number of amides is 1. The highest BCUT2D eigenvalue weighted by atomic mass is 35.5. The highest BCUT2D eigenvalue weighted by Crippen LogP contribution is 2.44. The molecule has 0 bridgehead atoms. The van der Waals surface area contributed by atoms with E-state index in [1.165, 1.54) is 32.1 Å². The average molecular weight is 306 g/mol. The SMILES string of the molecule is CCCC1(CNC(=O)c2cc3cc(Cl)ccn3n2)CCC1. The summed E-state index contributed by atoms with van der Waals surface area (Å²) in [5.41, 5.74) is 1.61. The van der Waals surface area contributed by atoms with Gasteiger partial charge >= 0.3 is 0 Å². The first-order chi connectivity index (χ1) is 10.1. The van der Waals surface area contributed by atoms with Gasteiger partial charge in [-0.25, -0.2) is 4.52 Å². The van der Waals surface area contributed by atoms with Crippen LogP contribution in [0, 0.1) is 5.41 Å². The molecular weight excluding hydrogens is 286 g/mol. The van der Waals surface area contributed by atoms with Crippen molar-refractivity contribution in [2.24, 2.45) is 5.41 Å². The molecule has 4 nitrogen and oxygen atoms in total. The van der Waals surface area contributed by atoms with Gasteiger partial charge in [-0.3, -0.25) is 4.79 Å². The van der Waals surface area contributed by atoms with E-state index in [9.17, 15) is 4.79 Å². The van der Waals surface area contributed by atoms with E-state index in [2.05, 4.69) is 17.3 Å². The highest BCUT2D eigenvalue weighted by Gasteiger charge is 2.36. The van der Waals surface area contributed by atoms with Crippen LogP contribution in [0.4, 0.5) is 0 Å². The number of aromatic nitrogens is 2. The molecule has 0 saturated heterocycles. The van der Waals surface area contributed by atoms with Gasteiger partial charge in [-0.15, -0.1) is 0 Å². The van der Waals surface area contributed by atoms with E-state index in [0.29, 0.717) is 16.1 Å². The molecule has 1 saturated carbocycles. The Morgan fingerprint density at radius 3 is 2.95 bits per heavy atom. The Morgan fingerprint density at radius 2 is 2.29 bits per heavy atom. The van der Waals surface area contributed by atoms with Crippen molar-refractivity contribution in [2.75, 3.05) is 6.54 Å². The number of hydrogen-bond acceptors (Lipinski definition) is 2. The number of fused-ring (bicyclic) bond motifs is 1. The molecule has 0 aromatic carbocycles. The molecule has 1 amide bonds. The lowest BCUT2D eigenvalue weighted by Gasteiger charge is -2.42. The van der Waals surface area contributed by atoms with Crippen molar-refractivity contribution in [3.63, 3.8) is 0 Å². The number of nitrogens with zero attached hydrogens (tertiary/aromatic N) is 2. The Balaban J connectivity index is 1.69. The second-order valence-electron chi connectivity index (χ2n) is 6.03.